The van der Waals surface area contributed by atoms with Crippen LogP contribution in [0.5, 0.6) is 11.5 Å². The lowest BCUT2D eigenvalue weighted by Gasteiger charge is -2.26. The number of aliphatic carboxylic acids is 1. The summed E-state index contributed by atoms with van der Waals surface area (Å²) in [5, 5.41) is 12.0. The predicted octanol–water partition coefficient (Wildman–Crippen LogP) is 1.58. The molecule has 0 bridgehead atoms. The summed E-state index contributed by atoms with van der Waals surface area (Å²) >= 11 is 0. The van der Waals surface area contributed by atoms with E-state index in [2.05, 4.69) is 5.32 Å². The molecule has 1 aliphatic heterocycles. The van der Waals surface area contributed by atoms with Crippen LogP contribution in [0.4, 0.5) is 5.69 Å². The summed E-state index contributed by atoms with van der Waals surface area (Å²) in [6.45, 7) is 5.13. The molecule has 23 heavy (non-hydrogen) atoms. The van der Waals surface area contributed by atoms with Crippen LogP contribution >= 0.6 is 0 Å². The minimum atomic E-state index is -0.915. The zero-order valence-corrected chi connectivity index (χ0v) is 13.4. The summed E-state index contributed by atoms with van der Waals surface area (Å²) in [5.74, 6) is 0.0735. The van der Waals surface area contributed by atoms with E-state index in [4.69, 9.17) is 9.47 Å². The first kappa shape index (κ1) is 17.1. The molecule has 0 radical (unpaired) electrons. The lowest BCUT2D eigenvalue weighted by molar-refractivity contribution is -0.143. The van der Waals surface area contributed by atoms with Gasteiger partial charge in [-0.15, -0.1) is 0 Å². The zero-order valence-electron chi connectivity index (χ0n) is 13.4. The third-order valence-corrected chi connectivity index (χ3v) is 3.69. The molecule has 0 fully saturated rings. The highest BCUT2D eigenvalue weighted by atomic mass is 16.6. The van der Waals surface area contributed by atoms with Gasteiger partial charge in [-0.3, -0.25) is 14.5 Å². The normalized spacial score (nSPS) is 14.4. The van der Waals surface area contributed by atoms with Gasteiger partial charge in [0, 0.05) is 11.8 Å². The summed E-state index contributed by atoms with van der Waals surface area (Å²) in [4.78, 5) is 25.0. The summed E-state index contributed by atoms with van der Waals surface area (Å²) in [7, 11) is 0. The number of carboxylic acids is 1. The number of carbonyl (C=O) groups excluding carboxylic acids is 1. The van der Waals surface area contributed by atoms with Gasteiger partial charge in [-0.2, -0.15) is 0 Å². The Kier molecular flexibility index (Phi) is 5.81. The number of carboxylic acid groups (broad SMARTS) is 1. The number of anilines is 1. The molecule has 2 rings (SSSR count). The first-order valence-electron chi connectivity index (χ1n) is 7.71. The standard InChI is InChI=1S/C16H22N2O5/c1-3-12(16(20)21)18(4-2)10-15(19)17-11-5-6-13-14(9-11)23-8-7-22-13/h5-6,9,12H,3-4,7-8,10H2,1-2H3,(H,17,19)(H,20,21). The smallest absolute Gasteiger partial charge is 0.320 e. The van der Waals surface area contributed by atoms with Crippen molar-refractivity contribution in [1.82, 2.24) is 4.90 Å². The number of likely N-dealkylation sites (N-methyl/N-ethyl adjacent to an activating group) is 1. The topological polar surface area (TPSA) is 88.1 Å². The molecular weight excluding hydrogens is 300 g/mol. The van der Waals surface area contributed by atoms with Crippen molar-refractivity contribution in [3.63, 3.8) is 0 Å². The average molecular weight is 322 g/mol. The van der Waals surface area contributed by atoms with Crippen LogP contribution in [0.2, 0.25) is 0 Å². The number of carbonyl (C=O) groups is 2. The molecule has 7 heteroatoms. The van der Waals surface area contributed by atoms with Gasteiger partial charge in [-0.05, 0) is 25.1 Å². The number of hydrogen-bond acceptors (Lipinski definition) is 5. The van der Waals surface area contributed by atoms with Crippen molar-refractivity contribution >= 4 is 17.6 Å². The molecule has 0 aliphatic carbocycles. The van der Waals surface area contributed by atoms with E-state index in [0.717, 1.165) is 0 Å². The van der Waals surface area contributed by atoms with Crippen molar-refractivity contribution in [3.8, 4) is 11.5 Å². The molecule has 1 unspecified atom stereocenters. The lowest BCUT2D eigenvalue weighted by atomic mass is 10.2. The number of rotatable bonds is 7. The van der Waals surface area contributed by atoms with Crippen LogP contribution in [0.25, 0.3) is 0 Å². The minimum absolute atomic E-state index is 0.0236. The first-order valence-corrected chi connectivity index (χ1v) is 7.71. The highest BCUT2D eigenvalue weighted by Gasteiger charge is 2.24. The molecule has 1 amide bonds. The summed E-state index contributed by atoms with van der Waals surface area (Å²) in [5.41, 5.74) is 0.596. The molecule has 1 aromatic carbocycles. The van der Waals surface area contributed by atoms with E-state index in [1.807, 2.05) is 6.92 Å². The van der Waals surface area contributed by atoms with Crippen molar-refractivity contribution in [3.05, 3.63) is 18.2 Å². The Bertz CT molecular complexity index is 576. The Morgan fingerprint density at radius 2 is 1.96 bits per heavy atom. The molecule has 1 atom stereocenters. The van der Waals surface area contributed by atoms with E-state index in [0.29, 0.717) is 43.4 Å². The van der Waals surface area contributed by atoms with Crippen molar-refractivity contribution in [2.45, 2.75) is 26.3 Å². The fraction of sp³-hybridized carbons (Fsp3) is 0.500. The number of amides is 1. The van der Waals surface area contributed by atoms with Crippen molar-refractivity contribution in [1.29, 1.82) is 0 Å². The second-order valence-corrected chi connectivity index (χ2v) is 5.23. The third kappa shape index (κ3) is 4.35. The van der Waals surface area contributed by atoms with E-state index in [1.54, 1.807) is 30.0 Å². The van der Waals surface area contributed by atoms with Crippen molar-refractivity contribution in [2.75, 3.05) is 31.6 Å². The van der Waals surface area contributed by atoms with Gasteiger partial charge in [0.2, 0.25) is 5.91 Å². The third-order valence-electron chi connectivity index (χ3n) is 3.69. The van der Waals surface area contributed by atoms with Gasteiger partial charge in [0.1, 0.15) is 19.3 Å². The molecule has 1 heterocycles. The van der Waals surface area contributed by atoms with Crippen LogP contribution < -0.4 is 14.8 Å². The van der Waals surface area contributed by atoms with E-state index in [-0.39, 0.29) is 12.5 Å². The fourth-order valence-electron chi connectivity index (χ4n) is 2.54. The van der Waals surface area contributed by atoms with Gasteiger partial charge in [0.05, 0.1) is 6.54 Å². The molecule has 2 N–H and O–H groups in total. The van der Waals surface area contributed by atoms with Crippen LogP contribution in [0.3, 0.4) is 0 Å². The van der Waals surface area contributed by atoms with Gasteiger partial charge >= 0.3 is 5.97 Å². The number of benzene rings is 1. The van der Waals surface area contributed by atoms with Gasteiger partial charge in [0.15, 0.2) is 11.5 Å². The van der Waals surface area contributed by atoms with Crippen LogP contribution in [-0.2, 0) is 9.59 Å². The molecule has 0 saturated heterocycles. The van der Waals surface area contributed by atoms with E-state index in [1.165, 1.54) is 0 Å². The highest BCUT2D eigenvalue weighted by molar-refractivity contribution is 5.93. The SMILES string of the molecule is CCC(C(=O)O)N(CC)CC(=O)Nc1ccc2c(c1)OCCO2. The number of fused-ring (bicyclic) bond motifs is 1. The van der Waals surface area contributed by atoms with Gasteiger partial charge in [-0.1, -0.05) is 13.8 Å². The quantitative estimate of drug-likeness (QED) is 0.792. The molecule has 0 spiro atoms. The Morgan fingerprint density at radius 3 is 2.57 bits per heavy atom. The highest BCUT2D eigenvalue weighted by Crippen LogP contribution is 2.32. The maximum absolute atomic E-state index is 12.2. The number of ether oxygens (including phenoxy) is 2. The Hall–Kier alpha value is -2.28. The van der Waals surface area contributed by atoms with E-state index in [9.17, 15) is 14.7 Å². The minimum Gasteiger partial charge on any atom is -0.486 e. The molecule has 0 saturated carbocycles. The maximum atomic E-state index is 12.2. The zero-order chi connectivity index (χ0) is 16.8. The van der Waals surface area contributed by atoms with Crippen LogP contribution in [-0.4, -0.2) is 54.2 Å². The van der Waals surface area contributed by atoms with Crippen LogP contribution in [0.1, 0.15) is 20.3 Å². The molecule has 7 nitrogen and oxygen atoms in total. The number of nitrogens with zero attached hydrogens (tertiary/aromatic N) is 1. The molecular formula is C16H22N2O5. The van der Waals surface area contributed by atoms with Crippen LogP contribution in [0.15, 0.2) is 18.2 Å². The van der Waals surface area contributed by atoms with E-state index >= 15 is 0 Å². The molecule has 1 aromatic rings. The Balaban J connectivity index is 1.99. The van der Waals surface area contributed by atoms with Crippen LogP contribution in [0, 0.1) is 0 Å². The van der Waals surface area contributed by atoms with Gasteiger partial charge < -0.3 is 19.9 Å². The molecule has 1 aliphatic rings. The second kappa shape index (κ2) is 7.82. The molecule has 126 valence electrons. The monoisotopic (exact) mass is 322 g/mol. The molecule has 0 aromatic heterocycles. The number of hydrogen-bond donors (Lipinski definition) is 2. The van der Waals surface area contributed by atoms with Crippen molar-refractivity contribution in [2.24, 2.45) is 0 Å². The van der Waals surface area contributed by atoms with E-state index < -0.39 is 12.0 Å². The largest absolute Gasteiger partial charge is 0.486 e. The van der Waals surface area contributed by atoms with Gasteiger partial charge in [-0.25, -0.2) is 0 Å². The summed E-state index contributed by atoms with van der Waals surface area (Å²) in [6, 6.07) is 4.52. The summed E-state index contributed by atoms with van der Waals surface area (Å²) in [6.07, 6.45) is 0.445. The predicted molar refractivity (Wildman–Crippen MR) is 85.0 cm³/mol. The summed E-state index contributed by atoms with van der Waals surface area (Å²) < 4.78 is 10.9. The lowest BCUT2D eigenvalue weighted by Crippen LogP contribution is -2.44. The Morgan fingerprint density at radius 1 is 1.26 bits per heavy atom. The first-order chi connectivity index (χ1) is 11.0. The Labute approximate surface area is 135 Å². The fourth-order valence-corrected chi connectivity index (χ4v) is 2.54. The van der Waals surface area contributed by atoms with Crippen molar-refractivity contribution < 1.29 is 24.2 Å². The number of nitrogens with one attached hydrogen (secondary N) is 1. The average Bonchev–Trinajstić information content (AvgIpc) is 2.54. The maximum Gasteiger partial charge on any atom is 0.320 e. The van der Waals surface area contributed by atoms with Gasteiger partial charge in [0.25, 0.3) is 0 Å². The second-order valence-electron chi connectivity index (χ2n) is 5.23.